The summed E-state index contributed by atoms with van der Waals surface area (Å²) in [5.41, 5.74) is 1.81. The number of hydrogen-bond donors (Lipinski definition) is 0. The summed E-state index contributed by atoms with van der Waals surface area (Å²) in [5, 5.41) is 1.05. The van der Waals surface area contributed by atoms with Crippen LogP contribution < -0.4 is 4.74 Å². The fourth-order valence-electron chi connectivity index (χ4n) is 2.07. The molecule has 1 heterocycles. The van der Waals surface area contributed by atoms with E-state index in [-0.39, 0.29) is 5.75 Å². The number of aryl methyl sites for hydroxylation is 1. The van der Waals surface area contributed by atoms with Crippen molar-refractivity contribution >= 4 is 30.6 Å². The summed E-state index contributed by atoms with van der Waals surface area (Å²) in [6.45, 7) is 2.49. The molecule has 0 radical (unpaired) electrons. The molecule has 0 unspecified atom stereocenters. The van der Waals surface area contributed by atoms with Crippen molar-refractivity contribution in [3.8, 4) is 5.75 Å². The van der Waals surface area contributed by atoms with Gasteiger partial charge in [-0.1, -0.05) is 18.2 Å². The van der Waals surface area contributed by atoms with Gasteiger partial charge in [0.25, 0.3) is 0 Å². The summed E-state index contributed by atoms with van der Waals surface area (Å²) >= 11 is 0. The Morgan fingerprint density at radius 3 is 2.71 bits per heavy atom. The third kappa shape index (κ3) is 5.17. The third-order valence-corrected chi connectivity index (χ3v) is 4.35. The van der Waals surface area contributed by atoms with Crippen LogP contribution in [-0.2, 0) is 9.05 Å². The van der Waals surface area contributed by atoms with Crippen molar-refractivity contribution in [3.63, 3.8) is 0 Å². The monoisotopic (exact) mass is 327 g/mol. The summed E-state index contributed by atoms with van der Waals surface area (Å²) in [7, 11) is 1.78. The Morgan fingerprint density at radius 1 is 1.14 bits per heavy atom. The van der Waals surface area contributed by atoms with Crippen LogP contribution in [0.4, 0.5) is 0 Å². The molecule has 2 aromatic rings. The zero-order valence-corrected chi connectivity index (χ0v) is 13.5. The van der Waals surface area contributed by atoms with Gasteiger partial charge in [-0.15, -0.1) is 0 Å². The quantitative estimate of drug-likeness (QED) is 0.575. The van der Waals surface area contributed by atoms with Gasteiger partial charge in [-0.05, 0) is 38.3 Å². The minimum absolute atomic E-state index is 0.0174. The van der Waals surface area contributed by atoms with E-state index in [1.54, 1.807) is 0 Å². The van der Waals surface area contributed by atoms with Crippen LogP contribution in [0.2, 0.25) is 0 Å². The molecule has 0 aliphatic heterocycles. The standard InChI is InChI=1S/C15H18ClNO3S/c1-12-8-9-13-6-5-7-14(15(13)17-12)20-10-3-2-4-11-21(16,18)19/h5-9H,2-4,10-11H2,1H3. The highest BCUT2D eigenvalue weighted by atomic mass is 35.7. The highest BCUT2D eigenvalue weighted by Crippen LogP contribution is 2.24. The summed E-state index contributed by atoms with van der Waals surface area (Å²) in [5.74, 6) is 0.782. The van der Waals surface area contributed by atoms with Crippen LogP contribution in [0.15, 0.2) is 30.3 Å². The first-order chi connectivity index (χ1) is 9.96. The molecule has 2 rings (SSSR count). The van der Waals surface area contributed by atoms with E-state index < -0.39 is 9.05 Å². The zero-order chi connectivity index (χ0) is 15.3. The third-order valence-electron chi connectivity index (χ3n) is 3.11. The molecule has 0 saturated heterocycles. The van der Waals surface area contributed by atoms with Crippen LogP contribution >= 0.6 is 10.7 Å². The Morgan fingerprint density at radius 2 is 1.95 bits per heavy atom. The molecule has 0 amide bonds. The van der Waals surface area contributed by atoms with Crippen LogP contribution in [-0.4, -0.2) is 25.8 Å². The van der Waals surface area contributed by atoms with Gasteiger partial charge in [-0.3, -0.25) is 0 Å². The lowest BCUT2D eigenvalue weighted by atomic mass is 10.2. The van der Waals surface area contributed by atoms with E-state index in [2.05, 4.69) is 4.98 Å². The average molecular weight is 328 g/mol. The molecule has 0 bridgehead atoms. The number of aromatic nitrogens is 1. The number of para-hydroxylation sites is 1. The van der Waals surface area contributed by atoms with E-state index in [9.17, 15) is 8.42 Å². The van der Waals surface area contributed by atoms with Gasteiger partial charge >= 0.3 is 0 Å². The summed E-state index contributed by atoms with van der Waals surface area (Å²) < 4.78 is 27.3. The van der Waals surface area contributed by atoms with E-state index in [4.69, 9.17) is 15.4 Å². The van der Waals surface area contributed by atoms with E-state index >= 15 is 0 Å². The molecule has 0 saturated carbocycles. The molecule has 0 spiro atoms. The maximum atomic E-state index is 10.8. The molecule has 0 atom stereocenters. The number of pyridine rings is 1. The first-order valence-electron chi connectivity index (χ1n) is 6.87. The maximum absolute atomic E-state index is 10.8. The number of rotatable bonds is 7. The number of unbranched alkanes of at least 4 members (excludes halogenated alkanes) is 2. The van der Waals surface area contributed by atoms with Gasteiger partial charge in [0.15, 0.2) is 0 Å². The van der Waals surface area contributed by atoms with Crippen molar-refractivity contribution in [2.75, 3.05) is 12.4 Å². The van der Waals surface area contributed by atoms with E-state index in [1.165, 1.54) is 0 Å². The number of fused-ring (bicyclic) bond motifs is 1. The lowest BCUT2D eigenvalue weighted by Gasteiger charge is -2.09. The van der Waals surface area contributed by atoms with E-state index in [0.29, 0.717) is 13.0 Å². The Labute approximate surface area is 129 Å². The van der Waals surface area contributed by atoms with Crippen LogP contribution in [0.1, 0.15) is 25.0 Å². The van der Waals surface area contributed by atoms with Crippen LogP contribution in [0.5, 0.6) is 5.75 Å². The van der Waals surface area contributed by atoms with Gasteiger partial charge in [0.05, 0.1) is 12.4 Å². The Kier molecular flexibility index (Phi) is 5.42. The minimum Gasteiger partial charge on any atom is -0.491 e. The predicted octanol–water partition coefficient (Wildman–Crippen LogP) is 3.66. The molecule has 6 heteroatoms. The van der Waals surface area contributed by atoms with Crippen LogP contribution in [0.25, 0.3) is 10.9 Å². The average Bonchev–Trinajstić information content (AvgIpc) is 2.41. The van der Waals surface area contributed by atoms with Gasteiger partial charge in [0, 0.05) is 21.8 Å². The van der Waals surface area contributed by atoms with Crippen LogP contribution in [0, 0.1) is 6.92 Å². The number of benzene rings is 1. The Bertz CT molecular complexity index is 716. The first kappa shape index (κ1) is 16.0. The van der Waals surface area contributed by atoms with Crippen molar-refractivity contribution in [2.24, 2.45) is 0 Å². The van der Waals surface area contributed by atoms with Gasteiger partial charge in [0.1, 0.15) is 11.3 Å². The van der Waals surface area contributed by atoms with E-state index in [0.717, 1.165) is 35.2 Å². The molecule has 0 N–H and O–H groups in total. The molecule has 4 nitrogen and oxygen atoms in total. The van der Waals surface area contributed by atoms with Gasteiger partial charge in [-0.25, -0.2) is 13.4 Å². The summed E-state index contributed by atoms with van der Waals surface area (Å²) in [4.78, 5) is 4.50. The lowest BCUT2D eigenvalue weighted by Crippen LogP contribution is -2.01. The normalized spacial score (nSPS) is 11.7. The highest BCUT2D eigenvalue weighted by molar-refractivity contribution is 8.13. The molecule has 1 aromatic heterocycles. The Hall–Kier alpha value is -1.33. The number of hydrogen-bond acceptors (Lipinski definition) is 4. The van der Waals surface area contributed by atoms with Gasteiger partial charge in [0.2, 0.25) is 9.05 Å². The zero-order valence-electron chi connectivity index (χ0n) is 11.9. The van der Waals surface area contributed by atoms with Crippen molar-refractivity contribution in [1.82, 2.24) is 4.98 Å². The number of halogens is 1. The summed E-state index contributed by atoms with van der Waals surface area (Å²) in [6.07, 6.45) is 2.11. The topological polar surface area (TPSA) is 56.3 Å². The second-order valence-electron chi connectivity index (χ2n) is 4.93. The number of ether oxygens (including phenoxy) is 1. The van der Waals surface area contributed by atoms with Crippen molar-refractivity contribution in [2.45, 2.75) is 26.2 Å². The van der Waals surface area contributed by atoms with Crippen LogP contribution in [0.3, 0.4) is 0 Å². The van der Waals surface area contributed by atoms with Crippen molar-refractivity contribution < 1.29 is 13.2 Å². The van der Waals surface area contributed by atoms with Gasteiger partial charge in [-0.2, -0.15) is 0 Å². The molecule has 114 valence electrons. The SMILES string of the molecule is Cc1ccc2cccc(OCCCCCS(=O)(=O)Cl)c2n1. The predicted molar refractivity (Wildman–Crippen MR) is 85.5 cm³/mol. The van der Waals surface area contributed by atoms with Crippen molar-refractivity contribution in [1.29, 1.82) is 0 Å². The van der Waals surface area contributed by atoms with Crippen molar-refractivity contribution in [3.05, 3.63) is 36.0 Å². The minimum atomic E-state index is -3.38. The largest absolute Gasteiger partial charge is 0.491 e. The maximum Gasteiger partial charge on any atom is 0.232 e. The Balaban J connectivity index is 1.88. The lowest BCUT2D eigenvalue weighted by molar-refractivity contribution is 0.309. The first-order valence-corrected chi connectivity index (χ1v) is 9.35. The highest BCUT2D eigenvalue weighted by Gasteiger charge is 2.05. The fourth-order valence-corrected chi connectivity index (χ4v) is 2.95. The smallest absolute Gasteiger partial charge is 0.232 e. The molecular formula is C15H18ClNO3S. The fraction of sp³-hybridized carbons (Fsp3) is 0.400. The molecule has 0 aliphatic rings. The molecule has 0 fully saturated rings. The summed E-state index contributed by atoms with van der Waals surface area (Å²) in [6, 6.07) is 9.83. The molecular weight excluding hydrogens is 310 g/mol. The molecule has 1 aromatic carbocycles. The molecule has 21 heavy (non-hydrogen) atoms. The van der Waals surface area contributed by atoms with E-state index in [1.807, 2.05) is 37.3 Å². The van der Waals surface area contributed by atoms with Gasteiger partial charge < -0.3 is 4.74 Å². The second kappa shape index (κ2) is 7.09. The molecule has 0 aliphatic carbocycles. The second-order valence-corrected chi connectivity index (χ2v) is 7.83. The number of nitrogens with zero attached hydrogens (tertiary/aromatic N) is 1.